The summed E-state index contributed by atoms with van der Waals surface area (Å²) in [7, 11) is 0. The normalized spacial score (nSPS) is 17.0. The van der Waals surface area contributed by atoms with Gasteiger partial charge >= 0.3 is 5.97 Å². The molecule has 2 rings (SSSR count). The van der Waals surface area contributed by atoms with Gasteiger partial charge in [-0.3, -0.25) is 14.5 Å². The van der Waals surface area contributed by atoms with Crippen molar-refractivity contribution >= 4 is 23.5 Å². The van der Waals surface area contributed by atoms with Crippen molar-refractivity contribution < 1.29 is 19.1 Å². The van der Waals surface area contributed by atoms with Gasteiger partial charge in [0.05, 0.1) is 6.61 Å². The van der Waals surface area contributed by atoms with E-state index in [1.54, 1.807) is 12.1 Å². The molecule has 0 fully saturated rings. The summed E-state index contributed by atoms with van der Waals surface area (Å²) in [6.07, 6.45) is 0.116. The topological polar surface area (TPSA) is 94.8 Å². The van der Waals surface area contributed by atoms with E-state index in [9.17, 15) is 9.59 Å². The lowest BCUT2D eigenvalue weighted by molar-refractivity contribution is -0.144. The lowest BCUT2D eigenvalue weighted by atomic mass is 10.0. The molecule has 1 aliphatic heterocycles. The number of pyridine rings is 1. The zero-order valence-electron chi connectivity index (χ0n) is 14.6. The van der Waals surface area contributed by atoms with Crippen LogP contribution in [0.15, 0.2) is 12.1 Å². The first-order valence-electron chi connectivity index (χ1n) is 8.19. The fraction of sp³-hybridized carbons (Fsp3) is 0.588. The number of amides is 1. The highest BCUT2D eigenvalue weighted by Crippen LogP contribution is 2.34. The van der Waals surface area contributed by atoms with Gasteiger partial charge in [-0.05, 0) is 30.4 Å². The zero-order valence-corrected chi connectivity index (χ0v) is 14.6. The van der Waals surface area contributed by atoms with E-state index in [-0.39, 0.29) is 30.0 Å². The maximum atomic E-state index is 12.7. The summed E-state index contributed by atoms with van der Waals surface area (Å²) in [6, 6.07) is 3.27. The van der Waals surface area contributed by atoms with Gasteiger partial charge in [-0.15, -0.1) is 0 Å². The highest BCUT2D eigenvalue weighted by atomic mass is 16.5. The van der Waals surface area contributed by atoms with Crippen LogP contribution in [0.4, 0.5) is 11.6 Å². The summed E-state index contributed by atoms with van der Waals surface area (Å²) in [5.74, 6) is 0.583. The Balaban J connectivity index is 2.18. The van der Waals surface area contributed by atoms with Crippen LogP contribution >= 0.6 is 0 Å². The van der Waals surface area contributed by atoms with E-state index in [2.05, 4.69) is 18.8 Å². The predicted molar refractivity (Wildman–Crippen MR) is 90.7 cm³/mol. The Hall–Kier alpha value is -2.31. The Morgan fingerprint density at radius 1 is 1.38 bits per heavy atom. The molecule has 1 atom stereocenters. The number of nitrogens with zero attached hydrogens (tertiary/aromatic N) is 2. The Kier molecular flexibility index (Phi) is 5.64. The number of nitrogen functional groups attached to an aromatic ring is 1. The fourth-order valence-electron chi connectivity index (χ4n) is 2.34. The molecule has 1 aromatic heterocycles. The molecule has 0 spiro atoms. The molecule has 1 aromatic rings. The van der Waals surface area contributed by atoms with Crippen LogP contribution in [0.5, 0.6) is 5.75 Å². The van der Waals surface area contributed by atoms with E-state index < -0.39 is 12.1 Å². The summed E-state index contributed by atoms with van der Waals surface area (Å²) >= 11 is 0. The quantitative estimate of drug-likeness (QED) is 0.799. The van der Waals surface area contributed by atoms with Crippen LogP contribution in [-0.2, 0) is 14.3 Å². The van der Waals surface area contributed by atoms with E-state index in [1.807, 2.05) is 13.8 Å². The average molecular weight is 335 g/mol. The maximum Gasteiger partial charge on any atom is 0.326 e. The second kappa shape index (κ2) is 7.51. The molecular formula is C17H25N3O4. The van der Waals surface area contributed by atoms with E-state index in [0.717, 1.165) is 6.42 Å². The summed E-state index contributed by atoms with van der Waals surface area (Å²) in [4.78, 5) is 30.2. The van der Waals surface area contributed by atoms with Crippen molar-refractivity contribution in [2.75, 3.05) is 23.8 Å². The zero-order chi connectivity index (χ0) is 17.9. The minimum Gasteiger partial charge on any atom is -0.476 e. The minimum atomic E-state index is -0.661. The van der Waals surface area contributed by atoms with Crippen molar-refractivity contribution in [3.63, 3.8) is 0 Å². The highest BCUT2D eigenvalue weighted by molar-refractivity contribution is 6.02. The third kappa shape index (κ3) is 4.15. The molecule has 7 nitrogen and oxygen atoms in total. The van der Waals surface area contributed by atoms with E-state index in [0.29, 0.717) is 18.3 Å². The number of carbonyl (C=O) groups excluding carboxylic acids is 2. The first-order valence-corrected chi connectivity index (χ1v) is 8.19. The molecule has 1 aliphatic rings. The third-order valence-electron chi connectivity index (χ3n) is 3.73. The van der Waals surface area contributed by atoms with Crippen LogP contribution < -0.4 is 15.4 Å². The minimum absolute atomic E-state index is 0.0392. The molecule has 0 saturated heterocycles. The van der Waals surface area contributed by atoms with Crippen molar-refractivity contribution in [2.24, 2.45) is 11.8 Å². The largest absolute Gasteiger partial charge is 0.476 e. The molecule has 24 heavy (non-hydrogen) atoms. The first-order chi connectivity index (χ1) is 11.3. The predicted octanol–water partition coefficient (Wildman–Crippen LogP) is 2.00. The highest BCUT2D eigenvalue weighted by Gasteiger charge is 2.38. The molecule has 0 aromatic carbocycles. The van der Waals surface area contributed by atoms with Gasteiger partial charge in [0.15, 0.2) is 17.7 Å². The standard InChI is InChI=1S/C17H25N3O4/c1-10(2)7-8-23-14(21)9-20-16-12(5-6-13(18)19-16)24-15(11(3)4)17(20)22/h5-6,10-11,15H,7-9H2,1-4H3,(H2,18,19). The summed E-state index contributed by atoms with van der Waals surface area (Å²) < 4.78 is 10.9. The molecule has 132 valence electrons. The van der Waals surface area contributed by atoms with Gasteiger partial charge in [0.2, 0.25) is 0 Å². The second-order valence-electron chi connectivity index (χ2n) is 6.67. The summed E-state index contributed by atoms with van der Waals surface area (Å²) in [5, 5.41) is 0. The third-order valence-corrected chi connectivity index (χ3v) is 3.73. The number of hydrogen-bond acceptors (Lipinski definition) is 6. The Labute approximate surface area is 142 Å². The van der Waals surface area contributed by atoms with Gasteiger partial charge in [-0.25, -0.2) is 4.98 Å². The number of fused-ring (bicyclic) bond motifs is 1. The second-order valence-corrected chi connectivity index (χ2v) is 6.67. The molecule has 2 heterocycles. The SMILES string of the molecule is CC(C)CCOC(=O)CN1C(=O)C(C(C)C)Oc2ccc(N)nc21. The van der Waals surface area contributed by atoms with Crippen molar-refractivity contribution in [2.45, 2.75) is 40.2 Å². The number of hydrogen-bond donors (Lipinski definition) is 1. The molecule has 0 radical (unpaired) electrons. The van der Waals surface area contributed by atoms with Gasteiger partial charge in [-0.2, -0.15) is 0 Å². The van der Waals surface area contributed by atoms with Crippen molar-refractivity contribution in [3.05, 3.63) is 12.1 Å². The van der Waals surface area contributed by atoms with Gasteiger partial charge in [0.1, 0.15) is 12.4 Å². The van der Waals surface area contributed by atoms with E-state index in [4.69, 9.17) is 15.2 Å². The lowest BCUT2D eigenvalue weighted by Crippen LogP contribution is -2.50. The first kappa shape index (κ1) is 18.0. The number of carbonyl (C=O) groups is 2. The number of aromatic nitrogens is 1. The van der Waals surface area contributed by atoms with Crippen LogP contribution in [0.25, 0.3) is 0 Å². The Morgan fingerprint density at radius 2 is 2.08 bits per heavy atom. The fourth-order valence-corrected chi connectivity index (χ4v) is 2.34. The number of ether oxygens (including phenoxy) is 2. The Morgan fingerprint density at radius 3 is 2.71 bits per heavy atom. The van der Waals surface area contributed by atoms with Crippen molar-refractivity contribution in [3.8, 4) is 5.75 Å². The Bertz CT molecular complexity index is 616. The van der Waals surface area contributed by atoms with E-state index in [1.165, 1.54) is 4.90 Å². The molecule has 1 amide bonds. The number of nitrogens with two attached hydrogens (primary N) is 1. The smallest absolute Gasteiger partial charge is 0.326 e. The molecule has 1 unspecified atom stereocenters. The summed E-state index contributed by atoms with van der Waals surface area (Å²) in [6.45, 7) is 8.01. The lowest BCUT2D eigenvalue weighted by Gasteiger charge is -2.34. The summed E-state index contributed by atoms with van der Waals surface area (Å²) in [5.41, 5.74) is 5.71. The number of rotatable bonds is 6. The van der Waals surface area contributed by atoms with Gasteiger partial charge in [0, 0.05) is 0 Å². The van der Waals surface area contributed by atoms with Crippen LogP contribution in [0.3, 0.4) is 0 Å². The molecular weight excluding hydrogens is 310 g/mol. The molecule has 2 N–H and O–H groups in total. The van der Waals surface area contributed by atoms with Gasteiger partial charge in [-0.1, -0.05) is 27.7 Å². The number of anilines is 2. The van der Waals surface area contributed by atoms with Crippen molar-refractivity contribution in [1.82, 2.24) is 4.98 Å². The van der Waals surface area contributed by atoms with Crippen LogP contribution in [0.2, 0.25) is 0 Å². The van der Waals surface area contributed by atoms with Crippen LogP contribution in [-0.4, -0.2) is 36.1 Å². The van der Waals surface area contributed by atoms with Crippen LogP contribution in [0.1, 0.15) is 34.1 Å². The van der Waals surface area contributed by atoms with Crippen molar-refractivity contribution in [1.29, 1.82) is 0 Å². The monoisotopic (exact) mass is 335 g/mol. The van der Waals surface area contributed by atoms with Gasteiger partial charge in [0.25, 0.3) is 5.91 Å². The molecule has 0 saturated carbocycles. The molecule has 0 aliphatic carbocycles. The molecule has 0 bridgehead atoms. The number of esters is 1. The van der Waals surface area contributed by atoms with Crippen LogP contribution in [0, 0.1) is 11.8 Å². The van der Waals surface area contributed by atoms with E-state index >= 15 is 0 Å². The average Bonchev–Trinajstić information content (AvgIpc) is 2.49. The maximum absolute atomic E-state index is 12.7. The van der Waals surface area contributed by atoms with Gasteiger partial charge < -0.3 is 15.2 Å². The molecule has 7 heteroatoms.